The van der Waals surface area contributed by atoms with Crippen LogP contribution in [0.1, 0.15) is 0 Å². The lowest BCUT2D eigenvalue weighted by atomic mass is 11.8. The van der Waals surface area contributed by atoms with Gasteiger partial charge >= 0.3 is 0 Å². The zero-order chi connectivity index (χ0) is 6.41. The first-order valence-electron chi connectivity index (χ1n) is 2.28. The average molecular weight is 238 g/mol. The first-order chi connectivity index (χ1) is 3.41. The molecule has 4 heteroatoms. The molecule has 52 valence electrons. The van der Waals surface area contributed by atoms with E-state index in [2.05, 4.69) is 27.3 Å². The monoisotopic (exact) mass is 236 g/mol. The van der Waals surface area contributed by atoms with Crippen molar-refractivity contribution >= 4 is 43.2 Å². The molecular weight excluding hydrogens is 228 g/mol. The molecule has 0 aromatic rings. The molecule has 0 nitrogen and oxygen atoms in total. The SMILES string of the molecule is CS1(Cl)CS(C)(Br)C1. The van der Waals surface area contributed by atoms with Gasteiger partial charge in [0.25, 0.3) is 0 Å². The number of halogens is 2. The lowest BCUT2D eigenvalue weighted by Crippen LogP contribution is -2.20. The minimum absolute atomic E-state index is 0.372. The largest absolute Gasteiger partial charge is 0.168 e. The molecule has 0 aliphatic carbocycles. The fourth-order valence-electron chi connectivity index (χ4n) is 0.990. The zero-order valence-electron chi connectivity index (χ0n) is 4.99. The van der Waals surface area contributed by atoms with Crippen molar-refractivity contribution in [2.24, 2.45) is 0 Å². The molecule has 0 aromatic heterocycles. The van der Waals surface area contributed by atoms with E-state index < -0.39 is 9.24 Å². The average Bonchev–Trinajstić information content (AvgIpc) is 1.20. The molecule has 1 aliphatic rings. The maximum Gasteiger partial charge on any atom is 0.0300 e. The molecule has 0 saturated carbocycles. The van der Waals surface area contributed by atoms with Gasteiger partial charge in [-0.15, -0.1) is 9.24 Å². The first kappa shape index (κ1) is 7.58. The van der Waals surface area contributed by atoms with Gasteiger partial charge in [-0.25, -0.2) is 0 Å². The van der Waals surface area contributed by atoms with E-state index in [1.165, 1.54) is 10.2 Å². The summed E-state index contributed by atoms with van der Waals surface area (Å²) in [7, 11) is 5.06. The summed E-state index contributed by atoms with van der Waals surface area (Å²) < 4.78 is 0. The Bertz CT molecular complexity index is 90.6. The van der Waals surface area contributed by atoms with Gasteiger partial charge in [-0.2, -0.15) is 8.46 Å². The summed E-state index contributed by atoms with van der Waals surface area (Å²) >= 11 is 3.66. The highest BCUT2D eigenvalue weighted by molar-refractivity contribution is 9.60. The lowest BCUT2D eigenvalue weighted by molar-refractivity contribution is 1.85. The van der Waals surface area contributed by atoms with Crippen LogP contribution in [-0.4, -0.2) is 22.7 Å². The van der Waals surface area contributed by atoms with Crippen LogP contribution in [0.2, 0.25) is 0 Å². The molecule has 0 bridgehead atoms. The number of hydrogen-bond donors (Lipinski definition) is 0. The summed E-state index contributed by atoms with van der Waals surface area (Å²) in [6.45, 7) is 0. The molecule has 0 unspecified atom stereocenters. The molecule has 0 spiro atoms. The van der Waals surface area contributed by atoms with E-state index >= 15 is 0 Å². The van der Waals surface area contributed by atoms with E-state index in [0.29, 0.717) is 0 Å². The van der Waals surface area contributed by atoms with Gasteiger partial charge in [-0.05, 0) is 27.3 Å². The minimum atomic E-state index is -0.627. The normalized spacial score (nSPS) is 71.5. The molecule has 1 rings (SSSR count). The third-order valence-electron chi connectivity index (χ3n) is 0.983. The van der Waals surface area contributed by atoms with Crippen LogP contribution in [0.15, 0.2) is 0 Å². The van der Waals surface area contributed by atoms with Gasteiger partial charge < -0.3 is 0 Å². The van der Waals surface area contributed by atoms with E-state index in [1.807, 2.05) is 0 Å². The molecule has 0 radical (unpaired) electrons. The molecule has 0 amide bonds. The van der Waals surface area contributed by atoms with Gasteiger partial charge in [-0.3, -0.25) is 0 Å². The Kier molecular flexibility index (Phi) is 1.87. The van der Waals surface area contributed by atoms with Crippen molar-refractivity contribution in [2.45, 2.75) is 0 Å². The molecule has 8 heavy (non-hydrogen) atoms. The predicted octanol–water partition coefficient (Wildman–Crippen LogP) is 3.25. The third kappa shape index (κ3) is 1.72. The van der Waals surface area contributed by atoms with E-state index in [-0.39, 0.29) is 8.46 Å². The van der Waals surface area contributed by atoms with Gasteiger partial charge in [0.2, 0.25) is 0 Å². The molecular formula is C4H10BrClS2. The Hall–Kier alpha value is 1.47. The molecule has 0 N–H and O–H groups in total. The fourth-order valence-corrected chi connectivity index (χ4v) is 21.8. The van der Waals surface area contributed by atoms with Crippen molar-refractivity contribution in [1.82, 2.24) is 0 Å². The van der Waals surface area contributed by atoms with Crippen LogP contribution in [0.4, 0.5) is 0 Å². The maximum absolute atomic E-state index is 6.06. The van der Waals surface area contributed by atoms with Gasteiger partial charge in [-0.1, -0.05) is 10.7 Å². The summed E-state index contributed by atoms with van der Waals surface area (Å²) in [4.78, 5) is 0. The van der Waals surface area contributed by atoms with Crippen molar-refractivity contribution in [3.05, 3.63) is 0 Å². The second kappa shape index (κ2) is 1.97. The Morgan fingerprint density at radius 1 is 1.38 bits per heavy atom. The summed E-state index contributed by atoms with van der Waals surface area (Å²) in [5, 5.41) is 2.50. The molecule has 1 saturated heterocycles. The van der Waals surface area contributed by atoms with Crippen molar-refractivity contribution < 1.29 is 0 Å². The van der Waals surface area contributed by atoms with E-state index in [4.69, 9.17) is 10.7 Å². The summed E-state index contributed by atoms with van der Waals surface area (Å²) in [5.74, 6) is 0. The highest BCUT2D eigenvalue weighted by Gasteiger charge is 2.38. The molecule has 1 heterocycles. The first-order valence-corrected chi connectivity index (χ1v) is 9.71. The summed E-state index contributed by atoms with van der Waals surface area (Å²) in [5.41, 5.74) is 0. The second-order valence-electron chi connectivity index (χ2n) is 2.54. The third-order valence-corrected chi connectivity index (χ3v) is 13.8. The predicted molar refractivity (Wildman–Crippen MR) is 51.5 cm³/mol. The zero-order valence-corrected chi connectivity index (χ0v) is 8.96. The quantitative estimate of drug-likeness (QED) is 0.607. The second-order valence-corrected chi connectivity index (χ2v) is 16.0. The standard InChI is InChI=1S/C4H10BrClS2/c1-7(5)3-8(2,6)4-7/h3-4H2,1-2H3. The van der Waals surface area contributed by atoms with E-state index in [1.54, 1.807) is 0 Å². The van der Waals surface area contributed by atoms with Crippen LogP contribution in [0, 0.1) is 0 Å². The van der Waals surface area contributed by atoms with Crippen molar-refractivity contribution in [3.8, 4) is 0 Å². The Morgan fingerprint density at radius 2 is 1.75 bits per heavy atom. The molecule has 1 aliphatic heterocycles. The molecule has 0 aromatic carbocycles. The van der Waals surface area contributed by atoms with Crippen LogP contribution in [-0.2, 0) is 0 Å². The minimum Gasteiger partial charge on any atom is -0.168 e. The van der Waals surface area contributed by atoms with Gasteiger partial charge in [0, 0.05) is 10.2 Å². The van der Waals surface area contributed by atoms with Crippen LogP contribution in [0.5, 0.6) is 0 Å². The summed E-state index contributed by atoms with van der Waals surface area (Å²) in [6.07, 6.45) is 4.47. The fraction of sp³-hybridized carbons (Fsp3) is 1.00. The van der Waals surface area contributed by atoms with E-state index in [0.717, 1.165) is 0 Å². The molecule has 1 fully saturated rings. The highest BCUT2D eigenvalue weighted by Crippen LogP contribution is 2.81. The number of rotatable bonds is 0. The Labute approximate surface area is 65.7 Å². The van der Waals surface area contributed by atoms with Gasteiger partial charge in [0.1, 0.15) is 0 Å². The van der Waals surface area contributed by atoms with Crippen molar-refractivity contribution in [3.63, 3.8) is 0 Å². The number of hydrogen-bond acceptors (Lipinski definition) is 0. The van der Waals surface area contributed by atoms with Crippen LogP contribution in [0.25, 0.3) is 0 Å². The molecule has 0 atom stereocenters. The van der Waals surface area contributed by atoms with Crippen LogP contribution in [0.3, 0.4) is 0 Å². The summed E-state index contributed by atoms with van der Waals surface area (Å²) in [6, 6.07) is 0. The van der Waals surface area contributed by atoms with Crippen molar-refractivity contribution in [1.29, 1.82) is 0 Å². The Morgan fingerprint density at radius 3 is 1.75 bits per heavy atom. The van der Waals surface area contributed by atoms with Gasteiger partial charge in [0.15, 0.2) is 0 Å². The highest BCUT2D eigenvalue weighted by atomic mass is 79.9. The Balaban J connectivity index is 2.42. The maximum atomic E-state index is 6.06. The topological polar surface area (TPSA) is 0 Å². The van der Waals surface area contributed by atoms with Crippen LogP contribution < -0.4 is 0 Å². The lowest BCUT2D eigenvalue weighted by Gasteiger charge is -2.52. The van der Waals surface area contributed by atoms with E-state index in [9.17, 15) is 0 Å². The van der Waals surface area contributed by atoms with Crippen molar-refractivity contribution in [2.75, 3.05) is 22.7 Å². The van der Waals surface area contributed by atoms with Crippen LogP contribution >= 0.6 is 43.2 Å². The smallest absolute Gasteiger partial charge is 0.0300 e. The van der Waals surface area contributed by atoms with Gasteiger partial charge in [0.05, 0.1) is 0 Å².